The standard InChI is InChI=1S/C22H22N6O2/c1-12-2-4-24-10-14(12)17-6-13-7-18(26-11-15(13)20(23)27-17)28-21(30)16-8-22(16)3-5-25-19(29)9-22/h2,4,6-7,10-11,16H,3,5,8-9H2,1H3,(H2,23,27)(H,25,29)(H,26,28,30)/t16?,22-/m1/s1. The quantitative estimate of drug-likeness (QED) is 0.618. The molecule has 5 rings (SSSR count). The van der Waals surface area contributed by atoms with Crippen molar-refractivity contribution in [3.8, 4) is 11.3 Å². The molecule has 4 heterocycles. The van der Waals surface area contributed by atoms with Crippen molar-refractivity contribution in [3.63, 3.8) is 0 Å². The first-order valence-corrected chi connectivity index (χ1v) is 10.00. The molecule has 4 N–H and O–H groups in total. The third-order valence-corrected chi connectivity index (χ3v) is 6.28. The predicted molar refractivity (Wildman–Crippen MR) is 113 cm³/mol. The van der Waals surface area contributed by atoms with Gasteiger partial charge in [0.1, 0.15) is 11.6 Å². The topological polar surface area (TPSA) is 123 Å². The fourth-order valence-electron chi connectivity index (χ4n) is 4.44. The van der Waals surface area contributed by atoms with Gasteiger partial charge in [-0.1, -0.05) is 0 Å². The Bertz CT molecular complexity index is 1190. The lowest BCUT2D eigenvalue weighted by atomic mass is 9.91. The Morgan fingerprint density at radius 1 is 1.33 bits per heavy atom. The number of pyridine rings is 3. The van der Waals surface area contributed by atoms with Crippen molar-refractivity contribution in [3.05, 3.63) is 42.4 Å². The van der Waals surface area contributed by atoms with E-state index in [4.69, 9.17) is 5.73 Å². The molecule has 2 aliphatic rings. The largest absolute Gasteiger partial charge is 0.383 e. The van der Waals surface area contributed by atoms with Gasteiger partial charge in [-0.15, -0.1) is 0 Å². The molecule has 3 aromatic rings. The number of nitrogens with zero attached hydrogens (tertiary/aromatic N) is 3. The van der Waals surface area contributed by atoms with Crippen molar-refractivity contribution in [2.45, 2.75) is 26.2 Å². The molecular weight excluding hydrogens is 380 g/mol. The van der Waals surface area contributed by atoms with Crippen molar-refractivity contribution in [2.75, 3.05) is 17.6 Å². The molecule has 1 saturated heterocycles. The van der Waals surface area contributed by atoms with Crippen molar-refractivity contribution in [2.24, 2.45) is 11.3 Å². The molecule has 2 amide bonds. The Morgan fingerprint density at radius 2 is 2.20 bits per heavy atom. The Kier molecular flexibility index (Phi) is 4.16. The maximum atomic E-state index is 12.8. The van der Waals surface area contributed by atoms with Crippen LogP contribution in [0.1, 0.15) is 24.8 Å². The molecule has 152 valence electrons. The van der Waals surface area contributed by atoms with Crippen molar-refractivity contribution >= 4 is 34.2 Å². The van der Waals surface area contributed by atoms with Gasteiger partial charge in [-0.25, -0.2) is 9.97 Å². The Balaban J connectivity index is 1.41. The first-order chi connectivity index (χ1) is 14.4. The van der Waals surface area contributed by atoms with E-state index in [1.165, 1.54) is 0 Å². The summed E-state index contributed by atoms with van der Waals surface area (Å²) in [4.78, 5) is 37.5. The number of carbonyl (C=O) groups is 2. The van der Waals surface area contributed by atoms with Gasteiger partial charge in [-0.2, -0.15) is 0 Å². The average Bonchev–Trinajstić information content (AvgIpc) is 3.40. The summed E-state index contributed by atoms with van der Waals surface area (Å²) < 4.78 is 0. The molecular formula is C22H22N6O2. The number of nitrogens with two attached hydrogens (primary N) is 1. The van der Waals surface area contributed by atoms with Gasteiger partial charge in [-0.3, -0.25) is 14.6 Å². The molecule has 0 bridgehead atoms. The maximum Gasteiger partial charge on any atom is 0.229 e. The number of rotatable bonds is 3. The molecule has 1 spiro atoms. The van der Waals surface area contributed by atoms with E-state index in [-0.39, 0.29) is 23.1 Å². The summed E-state index contributed by atoms with van der Waals surface area (Å²) in [6, 6.07) is 5.66. The molecule has 2 atom stereocenters. The van der Waals surface area contributed by atoms with E-state index in [9.17, 15) is 9.59 Å². The fourth-order valence-corrected chi connectivity index (χ4v) is 4.44. The zero-order chi connectivity index (χ0) is 20.9. The third kappa shape index (κ3) is 3.14. The van der Waals surface area contributed by atoms with Crippen molar-refractivity contribution in [1.29, 1.82) is 0 Å². The maximum absolute atomic E-state index is 12.8. The van der Waals surface area contributed by atoms with Gasteiger partial charge in [0.2, 0.25) is 11.8 Å². The summed E-state index contributed by atoms with van der Waals surface area (Å²) in [6.07, 6.45) is 7.15. The highest BCUT2D eigenvalue weighted by Crippen LogP contribution is 2.59. The van der Waals surface area contributed by atoms with Crippen LogP contribution in [0, 0.1) is 18.3 Å². The van der Waals surface area contributed by atoms with E-state index in [1.807, 2.05) is 25.1 Å². The van der Waals surface area contributed by atoms with Gasteiger partial charge in [0.05, 0.1) is 5.69 Å². The van der Waals surface area contributed by atoms with Crippen LogP contribution in [0.5, 0.6) is 0 Å². The Morgan fingerprint density at radius 3 is 3.00 bits per heavy atom. The van der Waals surface area contributed by atoms with E-state index >= 15 is 0 Å². The second-order valence-corrected chi connectivity index (χ2v) is 8.26. The summed E-state index contributed by atoms with van der Waals surface area (Å²) in [5, 5.41) is 7.32. The minimum atomic E-state index is -0.178. The number of anilines is 2. The van der Waals surface area contributed by atoms with Crippen LogP contribution >= 0.6 is 0 Å². The van der Waals surface area contributed by atoms with Crippen LogP contribution < -0.4 is 16.4 Å². The normalized spacial score (nSPS) is 22.7. The summed E-state index contributed by atoms with van der Waals surface area (Å²) in [5.41, 5.74) is 8.67. The summed E-state index contributed by atoms with van der Waals surface area (Å²) >= 11 is 0. The Hall–Kier alpha value is -3.55. The number of amides is 2. The van der Waals surface area contributed by atoms with Gasteiger partial charge in [0.25, 0.3) is 0 Å². The molecule has 8 heteroatoms. The number of nitrogen functional groups attached to an aromatic ring is 1. The van der Waals surface area contributed by atoms with Gasteiger partial charge < -0.3 is 16.4 Å². The molecule has 1 aliphatic heterocycles. The number of fused-ring (bicyclic) bond motifs is 1. The highest BCUT2D eigenvalue weighted by Gasteiger charge is 2.59. The number of hydrogen-bond acceptors (Lipinski definition) is 6. The number of nitrogens with one attached hydrogen (secondary N) is 2. The van der Waals surface area contributed by atoms with Gasteiger partial charge in [-0.05, 0) is 54.3 Å². The first kappa shape index (κ1) is 18.5. The molecule has 1 saturated carbocycles. The van der Waals surface area contributed by atoms with E-state index in [2.05, 4.69) is 25.6 Å². The van der Waals surface area contributed by atoms with E-state index in [0.717, 1.165) is 40.4 Å². The molecule has 1 unspecified atom stereocenters. The molecule has 1 aliphatic carbocycles. The lowest BCUT2D eigenvalue weighted by Crippen LogP contribution is -2.36. The lowest BCUT2D eigenvalue weighted by Gasteiger charge is -2.22. The van der Waals surface area contributed by atoms with Crippen LogP contribution in [0.4, 0.5) is 11.6 Å². The number of aromatic nitrogens is 3. The van der Waals surface area contributed by atoms with E-state index in [1.54, 1.807) is 18.6 Å². The third-order valence-electron chi connectivity index (χ3n) is 6.28. The van der Waals surface area contributed by atoms with Crippen LogP contribution in [-0.2, 0) is 9.59 Å². The van der Waals surface area contributed by atoms with Crippen LogP contribution in [0.15, 0.2) is 36.8 Å². The van der Waals surface area contributed by atoms with E-state index in [0.29, 0.717) is 24.6 Å². The zero-order valence-electron chi connectivity index (χ0n) is 16.6. The van der Waals surface area contributed by atoms with Crippen molar-refractivity contribution in [1.82, 2.24) is 20.3 Å². The second-order valence-electron chi connectivity index (χ2n) is 8.26. The van der Waals surface area contributed by atoms with Crippen molar-refractivity contribution < 1.29 is 9.59 Å². The van der Waals surface area contributed by atoms with Crippen LogP contribution in [0.25, 0.3) is 22.0 Å². The highest BCUT2D eigenvalue weighted by atomic mass is 16.2. The molecule has 0 radical (unpaired) electrons. The SMILES string of the molecule is Cc1ccncc1-c1cc2cc(NC(=O)C3C[C@@]34CCNC(=O)C4)ncc2c(N)n1. The summed E-state index contributed by atoms with van der Waals surface area (Å²) in [6.45, 7) is 2.63. The zero-order valence-corrected chi connectivity index (χ0v) is 16.6. The second kappa shape index (κ2) is 6.76. The Labute approximate surface area is 173 Å². The minimum absolute atomic E-state index is 0.0292. The number of carbonyl (C=O) groups excluding carboxylic acids is 2. The van der Waals surface area contributed by atoms with Gasteiger partial charge in [0.15, 0.2) is 0 Å². The van der Waals surface area contributed by atoms with Crippen LogP contribution in [-0.4, -0.2) is 33.3 Å². The minimum Gasteiger partial charge on any atom is -0.383 e. The molecule has 8 nitrogen and oxygen atoms in total. The van der Waals surface area contributed by atoms with E-state index < -0.39 is 0 Å². The lowest BCUT2D eigenvalue weighted by molar-refractivity contribution is -0.124. The molecule has 3 aromatic heterocycles. The van der Waals surface area contributed by atoms with Crippen LogP contribution in [0.2, 0.25) is 0 Å². The average molecular weight is 402 g/mol. The highest BCUT2D eigenvalue weighted by molar-refractivity contribution is 5.99. The smallest absolute Gasteiger partial charge is 0.229 e. The van der Waals surface area contributed by atoms with Crippen LogP contribution in [0.3, 0.4) is 0 Å². The number of piperidine rings is 1. The molecule has 2 fully saturated rings. The monoisotopic (exact) mass is 402 g/mol. The summed E-state index contributed by atoms with van der Waals surface area (Å²) in [7, 11) is 0. The molecule has 30 heavy (non-hydrogen) atoms. The van der Waals surface area contributed by atoms with Gasteiger partial charge >= 0.3 is 0 Å². The summed E-state index contributed by atoms with van der Waals surface area (Å²) in [5.74, 6) is 0.653. The predicted octanol–water partition coefficient (Wildman–Crippen LogP) is 2.44. The van der Waals surface area contributed by atoms with Gasteiger partial charge in [0, 0.05) is 48.4 Å². The first-order valence-electron chi connectivity index (χ1n) is 10.00. The number of aryl methyl sites for hydroxylation is 1. The molecule has 0 aromatic carbocycles. The fraction of sp³-hybridized carbons (Fsp3) is 0.318. The number of hydrogen-bond donors (Lipinski definition) is 3.